The highest BCUT2D eigenvalue weighted by molar-refractivity contribution is 5.88. The molecule has 8 N–H and O–H groups in total. The number of quaternary nitrogens is 2. The molecule has 0 aromatic carbocycles. The van der Waals surface area contributed by atoms with E-state index >= 15 is 0 Å². The Hall–Kier alpha value is -2.09. The molecular weight excluding hydrogens is 640 g/mol. The lowest BCUT2D eigenvalue weighted by molar-refractivity contribution is -0.706. The molecule has 0 aromatic heterocycles. The van der Waals surface area contributed by atoms with Crippen LogP contribution in [0.25, 0.3) is 0 Å². The van der Waals surface area contributed by atoms with Crippen molar-refractivity contribution in [2.75, 3.05) is 46.4 Å². The highest BCUT2D eigenvalue weighted by Gasteiger charge is 2.61. The molecule has 12 heteroatoms. The lowest BCUT2D eigenvalue weighted by Crippen LogP contribution is -2.96. The van der Waals surface area contributed by atoms with Gasteiger partial charge in [-0.3, -0.25) is 15.3 Å². The van der Waals surface area contributed by atoms with E-state index in [9.17, 15) is 24.6 Å². The van der Waals surface area contributed by atoms with Gasteiger partial charge in [0.2, 0.25) is 5.91 Å². The van der Waals surface area contributed by atoms with Gasteiger partial charge in [-0.05, 0) is 96.3 Å². The predicted octanol–water partition coefficient (Wildman–Crippen LogP) is 0.447. The summed E-state index contributed by atoms with van der Waals surface area (Å²) in [5, 5.41) is 23.6. The third kappa shape index (κ3) is 8.74. The van der Waals surface area contributed by atoms with Gasteiger partial charge in [0.15, 0.2) is 0 Å². The summed E-state index contributed by atoms with van der Waals surface area (Å²) in [6.07, 6.45) is 7.90. The largest absolute Gasteiger partial charge is 0.462 e. The number of fused-ring (bicyclic) bond motifs is 2. The molecule has 12 nitrogen and oxygen atoms in total. The Labute approximate surface area is 298 Å². The fourth-order valence-corrected chi connectivity index (χ4v) is 9.79. The van der Waals surface area contributed by atoms with Crippen molar-refractivity contribution in [2.45, 2.75) is 121 Å². The number of nitrogens with two attached hydrogens (primary N) is 3. The number of amides is 1. The van der Waals surface area contributed by atoms with E-state index in [-0.39, 0.29) is 84.9 Å². The molecule has 4 heterocycles. The van der Waals surface area contributed by atoms with Crippen molar-refractivity contribution in [1.82, 2.24) is 4.90 Å². The molecule has 50 heavy (non-hydrogen) atoms. The van der Waals surface area contributed by atoms with Crippen LogP contribution in [0.3, 0.4) is 0 Å². The molecule has 5 fully saturated rings. The second-order valence-corrected chi connectivity index (χ2v) is 16.9. The second-order valence-electron chi connectivity index (χ2n) is 16.9. The first kappa shape index (κ1) is 39.1. The summed E-state index contributed by atoms with van der Waals surface area (Å²) in [6.45, 7) is 11.0. The molecule has 284 valence electrons. The number of piperidine rings is 1. The maximum absolute atomic E-state index is 13.5. The molecule has 1 amide bonds. The number of hydrogen-bond acceptors (Lipinski definition) is 9. The van der Waals surface area contributed by atoms with Crippen LogP contribution in [0.15, 0.2) is 11.6 Å². The topological polar surface area (TPSA) is 182 Å². The Bertz CT molecular complexity index is 1220. The van der Waals surface area contributed by atoms with Crippen molar-refractivity contribution in [3.05, 3.63) is 11.6 Å². The molecule has 10 atom stereocenters. The number of aliphatic hydroxyl groups is 2. The van der Waals surface area contributed by atoms with E-state index in [4.69, 9.17) is 19.9 Å². The zero-order valence-electron chi connectivity index (χ0n) is 31.2. The number of nitrogens with zero attached hydrogens (tertiary/aromatic N) is 1. The molecule has 1 saturated carbocycles. The standard InChI is InChI=1S/C38H64N4O8/c1-6-23(2)35(46)50-37(3,4)38(16-28-13-33(39)41-19-30(28)14-34(45)42-20-25(21-42)18-40-5)17-29-12-26-11-27(10-24(22-44)8-7-9-43)36(47)48-31(26)15-32(29)49-38/h6,24-33,40-41,43-44H,7-22,39H2,1-5H3/p+2/t24-,26?,27?,28?,29?,30?,31?,32?,33?,38-/m1/s1. The second kappa shape index (κ2) is 16.7. The highest BCUT2D eigenvalue weighted by Crippen LogP contribution is 2.55. The lowest BCUT2D eigenvalue weighted by atomic mass is 9.66. The molecule has 5 rings (SSSR count). The van der Waals surface area contributed by atoms with E-state index in [1.807, 2.05) is 25.7 Å². The van der Waals surface area contributed by atoms with E-state index in [0.717, 1.165) is 45.4 Å². The molecule has 8 unspecified atom stereocenters. The molecule has 5 aliphatic rings. The van der Waals surface area contributed by atoms with E-state index < -0.39 is 11.2 Å². The number of carbonyl (C=O) groups excluding carboxylic acids is 3. The van der Waals surface area contributed by atoms with Crippen LogP contribution < -0.4 is 16.4 Å². The predicted molar refractivity (Wildman–Crippen MR) is 186 cm³/mol. The Kier molecular flexibility index (Phi) is 13.1. The summed E-state index contributed by atoms with van der Waals surface area (Å²) >= 11 is 0. The molecule has 0 spiro atoms. The van der Waals surface area contributed by atoms with Gasteiger partial charge in [-0.1, -0.05) is 6.08 Å². The maximum Gasteiger partial charge on any atom is 0.334 e. The van der Waals surface area contributed by atoms with Crippen LogP contribution in [0.4, 0.5) is 0 Å². The van der Waals surface area contributed by atoms with Crippen molar-refractivity contribution >= 4 is 17.8 Å². The van der Waals surface area contributed by atoms with E-state index in [1.165, 1.54) is 0 Å². The minimum atomic E-state index is -0.974. The first-order valence-electron chi connectivity index (χ1n) is 19.4. The van der Waals surface area contributed by atoms with Gasteiger partial charge in [-0.25, -0.2) is 4.79 Å². The number of ether oxygens (including phenoxy) is 3. The molecule has 4 saturated heterocycles. The van der Waals surface area contributed by atoms with Crippen LogP contribution in [0.1, 0.15) is 91.9 Å². The van der Waals surface area contributed by atoms with Gasteiger partial charge in [-0.15, -0.1) is 0 Å². The van der Waals surface area contributed by atoms with Crippen molar-refractivity contribution in [2.24, 2.45) is 47.2 Å². The first-order valence-corrected chi connectivity index (χ1v) is 19.4. The molecule has 0 bridgehead atoms. The Morgan fingerprint density at radius 1 is 1.16 bits per heavy atom. The third-order valence-corrected chi connectivity index (χ3v) is 13.0. The van der Waals surface area contributed by atoms with Gasteiger partial charge in [0.25, 0.3) is 0 Å². The zero-order valence-corrected chi connectivity index (χ0v) is 31.2. The first-order chi connectivity index (χ1) is 23.8. The third-order valence-electron chi connectivity index (χ3n) is 13.0. The number of esters is 2. The molecule has 0 radical (unpaired) electrons. The van der Waals surface area contributed by atoms with Gasteiger partial charge >= 0.3 is 11.9 Å². The van der Waals surface area contributed by atoms with Crippen molar-refractivity contribution in [1.29, 1.82) is 0 Å². The fraction of sp³-hybridized carbons (Fsp3) is 0.868. The Morgan fingerprint density at radius 3 is 2.60 bits per heavy atom. The smallest absolute Gasteiger partial charge is 0.334 e. The van der Waals surface area contributed by atoms with Crippen molar-refractivity contribution < 1.29 is 49.4 Å². The van der Waals surface area contributed by atoms with E-state index in [1.54, 1.807) is 13.0 Å². The molecule has 1 aliphatic carbocycles. The van der Waals surface area contributed by atoms with Crippen LogP contribution in [-0.2, 0) is 28.6 Å². The number of aliphatic hydroxyl groups excluding tert-OH is 2. The van der Waals surface area contributed by atoms with Crippen LogP contribution in [-0.4, -0.2) is 109 Å². The summed E-state index contributed by atoms with van der Waals surface area (Å²) in [7, 11) is 2.07. The van der Waals surface area contributed by atoms with E-state index in [0.29, 0.717) is 56.4 Å². The van der Waals surface area contributed by atoms with Crippen LogP contribution in [0.2, 0.25) is 0 Å². The average molecular weight is 707 g/mol. The van der Waals surface area contributed by atoms with Crippen molar-refractivity contribution in [3.8, 4) is 0 Å². The fourth-order valence-electron chi connectivity index (χ4n) is 9.79. The number of hydrogen-bond donors (Lipinski definition) is 5. The molecular formula is C38H66N4O8+2. The zero-order chi connectivity index (χ0) is 36.2. The van der Waals surface area contributed by atoms with Crippen molar-refractivity contribution in [3.63, 3.8) is 0 Å². The summed E-state index contributed by atoms with van der Waals surface area (Å²) in [5.41, 5.74) is 5.32. The van der Waals surface area contributed by atoms with Crippen LogP contribution >= 0.6 is 0 Å². The minimum absolute atomic E-state index is 0.00917. The number of likely N-dealkylation sites (tertiary alicyclic amines) is 1. The highest BCUT2D eigenvalue weighted by atomic mass is 16.6. The van der Waals surface area contributed by atoms with Gasteiger partial charge in [0.1, 0.15) is 23.5 Å². The quantitative estimate of drug-likeness (QED) is 0.119. The summed E-state index contributed by atoms with van der Waals surface area (Å²) in [4.78, 5) is 42.0. The SMILES string of the molecule is CC=C(C)C(=O)OC(C)(C)[C@@]1(CC2CC(N)[NH2+]CC2CC(=O)N2CC(C[NH2+]C)C2)CC2CC3CC(C[C@H](CO)CCCO)C(=O)OC3CC2O1. The van der Waals surface area contributed by atoms with Crippen LogP contribution in [0.5, 0.6) is 0 Å². The number of carbonyl (C=O) groups is 3. The number of rotatable bonds is 15. The summed E-state index contributed by atoms with van der Waals surface area (Å²) in [6, 6.07) is 0. The Morgan fingerprint density at radius 2 is 1.92 bits per heavy atom. The minimum Gasteiger partial charge on any atom is -0.462 e. The van der Waals surface area contributed by atoms with Gasteiger partial charge in [0.05, 0.1) is 32.2 Å². The lowest BCUT2D eigenvalue weighted by Gasteiger charge is -2.47. The van der Waals surface area contributed by atoms with Gasteiger partial charge in [0, 0.05) is 63.0 Å². The van der Waals surface area contributed by atoms with E-state index in [2.05, 4.69) is 17.7 Å². The molecule has 4 aliphatic heterocycles. The summed E-state index contributed by atoms with van der Waals surface area (Å²) in [5.74, 6) is 0.531. The average Bonchev–Trinajstić information content (AvgIpc) is 3.42. The van der Waals surface area contributed by atoms with Gasteiger partial charge < -0.3 is 40.0 Å². The van der Waals surface area contributed by atoms with Gasteiger partial charge in [-0.2, -0.15) is 0 Å². The number of allylic oxidation sites excluding steroid dienone is 1. The maximum atomic E-state index is 13.5. The van der Waals surface area contributed by atoms with Crippen LogP contribution in [0, 0.1) is 41.4 Å². The molecule has 0 aromatic rings. The normalized spacial score (nSPS) is 35.5. The monoisotopic (exact) mass is 706 g/mol. The Balaban J connectivity index is 1.35. The summed E-state index contributed by atoms with van der Waals surface area (Å²) < 4.78 is 19.6.